The number of benzene rings is 1. The van der Waals surface area contributed by atoms with E-state index < -0.39 is 0 Å². The van der Waals surface area contributed by atoms with Gasteiger partial charge in [-0.1, -0.05) is 0 Å². The number of aromatic nitrogens is 1. The summed E-state index contributed by atoms with van der Waals surface area (Å²) in [6.07, 6.45) is 1.56. The van der Waals surface area contributed by atoms with Gasteiger partial charge in [-0.2, -0.15) is 0 Å². The van der Waals surface area contributed by atoms with Crippen LogP contribution in [0.3, 0.4) is 0 Å². The number of nitrogens with zero attached hydrogens (tertiary/aromatic N) is 2. The molecule has 0 radical (unpaired) electrons. The Morgan fingerprint density at radius 2 is 1.89 bits per heavy atom. The maximum Gasteiger partial charge on any atom is 0.266 e. The van der Waals surface area contributed by atoms with Gasteiger partial charge in [-0.15, -0.1) is 11.3 Å². The number of hydrogen-bond donors (Lipinski definition) is 1. The third-order valence-electron chi connectivity index (χ3n) is 4.91. The van der Waals surface area contributed by atoms with E-state index in [1.807, 2.05) is 37.3 Å². The van der Waals surface area contributed by atoms with Crippen LogP contribution in [-0.4, -0.2) is 43.0 Å². The SMILES string of the molecule is CC(=O)c1cnc2sc(C(=O)Nc3ccc(N4CCOCC4)cc3)c(C)c2c1. The largest absolute Gasteiger partial charge is 0.378 e. The zero-order valence-corrected chi connectivity index (χ0v) is 16.6. The molecule has 0 bridgehead atoms. The lowest BCUT2D eigenvalue weighted by molar-refractivity contribution is 0.101. The highest BCUT2D eigenvalue weighted by molar-refractivity contribution is 7.20. The van der Waals surface area contributed by atoms with E-state index in [1.54, 1.807) is 6.20 Å². The number of anilines is 2. The molecule has 1 aromatic carbocycles. The van der Waals surface area contributed by atoms with Crippen molar-refractivity contribution < 1.29 is 14.3 Å². The van der Waals surface area contributed by atoms with Gasteiger partial charge < -0.3 is 15.0 Å². The molecule has 0 saturated carbocycles. The number of nitrogens with one attached hydrogen (secondary N) is 1. The molecule has 0 aliphatic carbocycles. The van der Waals surface area contributed by atoms with Crippen molar-refractivity contribution in [1.82, 2.24) is 4.98 Å². The number of rotatable bonds is 4. The molecule has 7 heteroatoms. The van der Waals surface area contributed by atoms with Crippen LogP contribution >= 0.6 is 11.3 Å². The Morgan fingerprint density at radius 1 is 1.18 bits per heavy atom. The fraction of sp³-hybridized carbons (Fsp3) is 0.286. The van der Waals surface area contributed by atoms with Crippen molar-refractivity contribution in [2.45, 2.75) is 13.8 Å². The minimum atomic E-state index is -0.163. The maximum atomic E-state index is 12.8. The molecule has 0 atom stereocenters. The molecular weight excluding hydrogens is 374 g/mol. The number of carbonyl (C=O) groups is 2. The van der Waals surface area contributed by atoms with Gasteiger partial charge in [0.2, 0.25) is 0 Å². The van der Waals surface area contributed by atoms with Crippen molar-refractivity contribution in [2.75, 3.05) is 36.5 Å². The molecule has 1 aliphatic rings. The van der Waals surface area contributed by atoms with Crippen molar-refractivity contribution in [3.05, 3.63) is 52.5 Å². The number of Topliss-reactive ketones (excluding diaryl/α,β-unsaturated/α-hetero) is 1. The van der Waals surface area contributed by atoms with E-state index >= 15 is 0 Å². The minimum Gasteiger partial charge on any atom is -0.378 e. The molecule has 3 aromatic rings. The lowest BCUT2D eigenvalue weighted by Crippen LogP contribution is -2.36. The van der Waals surface area contributed by atoms with Gasteiger partial charge in [0.15, 0.2) is 5.78 Å². The summed E-state index contributed by atoms with van der Waals surface area (Å²) >= 11 is 1.34. The van der Waals surface area contributed by atoms with Crippen LogP contribution in [0.1, 0.15) is 32.5 Å². The Kier molecular flexibility index (Phi) is 5.11. The first-order valence-electron chi connectivity index (χ1n) is 9.17. The van der Waals surface area contributed by atoms with Crippen LogP contribution in [0.15, 0.2) is 36.5 Å². The van der Waals surface area contributed by atoms with Crippen molar-refractivity contribution in [3.8, 4) is 0 Å². The number of pyridine rings is 1. The molecule has 1 fully saturated rings. The number of amides is 1. The summed E-state index contributed by atoms with van der Waals surface area (Å²) in [5.41, 5.74) is 3.27. The number of morpholine rings is 1. The highest BCUT2D eigenvalue weighted by atomic mass is 32.1. The number of fused-ring (bicyclic) bond motifs is 1. The van der Waals surface area contributed by atoms with Crippen LogP contribution in [0.2, 0.25) is 0 Å². The van der Waals surface area contributed by atoms with Gasteiger partial charge in [-0.25, -0.2) is 4.98 Å². The Morgan fingerprint density at radius 3 is 2.57 bits per heavy atom. The van der Waals surface area contributed by atoms with Crippen molar-refractivity contribution in [1.29, 1.82) is 0 Å². The van der Waals surface area contributed by atoms with Gasteiger partial charge >= 0.3 is 0 Å². The third kappa shape index (κ3) is 3.63. The monoisotopic (exact) mass is 395 g/mol. The molecule has 1 amide bonds. The summed E-state index contributed by atoms with van der Waals surface area (Å²) in [7, 11) is 0. The second-order valence-electron chi connectivity index (χ2n) is 6.79. The Hall–Kier alpha value is -2.77. The van der Waals surface area contributed by atoms with E-state index in [0.717, 1.165) is 53.5 Å². The summed E-state index contributed by atoms with van der Waals surface area (Å²) in [6, 6.07) is 9.66. The number of thiophene rings is 1. The average Bonchev–Trinajstić information content (AvgIpc) is 3.05. The number of carbonyl (C=O) groups excluding carboxylic acids is 2. The number of aryl methyl sites for hydroxylation is 1. The lowest BCUT2D eigenvalue weighted by atomic mass is 10.1. The molecule has 3 heterocycles. The standard InChI is InChI=1S/C21H21N3O3S/c1-13-18-11-15(14(2)25)12-22-21(18)28-19(13)20(26)23-16-3-5-17(6-4-16)24-7-9-27-10-8-24/h3-6,11-12H,7-10H2,1-2H3,(H,23,26). The maximum absolute atomic E-state index is 12.8. The van der Waals surface area contributed by atoms with Gasteiger partial charge in [0.1, 0.15) is 4.83 Å². The van der Waals surface area contributed by atoms with E-state index in [9.17, 15) is 9.59 Å². The van der Waals surface area contributed by atoms with Gasteiger partial charge in [0, 0.05) is 41.6 Å². The van der Waals surface area contributed by atoms with Crippen LogP contribution in [-0.2, 0) is 4.74 Å². The highest BCUT2D eigenvalue weighted by Crippen LogP contribution is 2.31. The van der Waals surface area contributed by atoms with Crippen LogP contribution < -0.4 is 10.2 Å². The van der Waals surface area contributed by atoms with Gasteiger partial charge in [0.25, 0.3) is 5.91 Å². The van der Waals surface area contributed by atoms with Crippen molar-refractivity contribution >= 4 is 44.6 Å². The van der Waals surface area contributed by atoms with E-state index in [1.165, 1.54) is 18.3 Å². The summed E-state index contributed by atoms with van der Waals surface area (Å²) < 4.78 is 5.38. The number of hydrogen-bond acceptors (Lipinski definition) is 6. The summed E-state index contributed by atoms with van der Waals surface area (Å²) in [4.78, 5) is 32.4. The summed E-state index contributed by atoms with van der Waals surface area (Å²) in [5, 5.41) is 3.81. The van der Waals surface area contributed by atoms with E-state index in [0.29, 0.717) is 10.4 Å². The zero-order chi connectivity index (χ0) is 19.7. The van der Waals surface area contributed by atoms with Crippen molar-refractivity contribution in [2.24, 2.45) is 0 Å². The quantitative estimate of drug-likeness (QED) is 0.679. The summed E-state index contributed by atoms with van der Waals surface area (Å²) in [5.74, 6) is -0.199. The van der Waals surface area contributed by atoms with Crippen LogP contribution in [0.25, 0.3) is 10.2 Å². The summed E-state index contributed by atoms with van der Waals surface area (Å²) in [6.45, 7) is 6.63. The molecule has 6 nitrogen and oxygen atoms in total. The van der Waals surface area contributed by atoms with E-state index in [2.05, 4.69) is 15.2 Å². The zero-order valence-electron chi connectivity index (χ0n) is 15.8. The number of ether oxygens (including phenoxy) is 1. The van der Waals surface area contributed by atoms with Crippen molar-refractivity contribution in [3.63, 3.8) is 0 Å². The molecule has 28 heavy (non-hydrogen) atoms. The molecule has 144 valence electrons. The van der Waals surface area contributed by atoms with Gasteiger partial charge in [-0.05, 0) is 49.7 Å². The predicted molar refractivity (Wildman–Crippen MR) is 112 cm³/mol. The second-order valence-corrected chi connectivity index (χ2v) is 7.79. The molecule has 2 aromatic heterocycles. The fourth-order valence-electron chi connectivity index (χ4n) is 3.27. The highest BCUT2D eigenvalue weighted by Gasteiger charge is 2.18. The van der Waals surface area contributed by atoms with Crippen LogP contribution in [0.5, 0.6) is 0 Å². The van der Waals surface area contributed by atoms with Crippen LogP contribution in [0.4, 0.5) is 11.4 Å². The van der Waals surface area contributed by atoms with E-state index in [4.69, 9.17) is 4.74 Å². The molecule has 1 aliphatic heterocycles. The molecule has 1 N–H and O–H groups in total. The lowest BCUT2D eigenvalue weighted by Gasteiger charge is -2.28. The van der Waals surface area contributed by atoms with Crippen LogP contribution in [0, 0.1) is 6.92 Å². The molecule has 0 unspecified atom stereocenters. The normalized spacial score (nSPS) is 14.3. The first kappa shape index (κ1) is 18.6. The topological polar surface area (TPSA) is 71.5 Å². The molecule has 1 saturated heterocycles. The Balaban J connectivity index is 1.53. The number of ketones is 1. The average molecular weight is 395 g/mol. The fourth-order valence-corrected chi connectivity index (χ4v) is 4.30. The van der Waals surface area contributed by atoms with E-state index in [-0.39, 0.29) is 11.7 Å². The molecule has 4 rings (SSSR count). The molecular formula is C21H21N3O3S. The van der Waals surface area contributed by atoms with Gasteiger partial charge in [0.05, 0.1) is 18.1 Å². The van der Waals surface area contributed by atoms with Gasteiger partial charge in [-0.3, -0.25) is 9.59 Å². The first-order chi connectivity index (χ1) is 13.5. The first-order valence-corrected chi connectivity index (χ1v) is 9.99. The third-order valence-corrected chi connectivity index (χ3v) is 6.12. The smallest absolute Gasteiger partial charge is 0.266 e. The minimum absolute atomic E-state index is 0.0358. The second kappa shape index (κ2) is 7.69. The Bertz CT molecular complexity index is 1040. The predicted octanol–water partition coefficient (Wildman–Crippen LogP) is 3.90. The Labute approximate surface area is 167 Å². The molecule has 0 spiro atoms.